The summed E-state index contributed by atoms with van der Waals surface area (Å²) >= 11 is 0. The van der Waals surface area contributed by atoms with Gasteiger partial charge in [0.1, 0.15) is 23.9 Å². The van der Waals surface area contributed by atoms with Crippen LogP contribution in [-0.2, 0) is 51.5 Å². The van der Waals surface area contributed by atoms with E-state index in [2.05, 4.69) is 15.1 Å². The average molecular weight is 1060 g/mol. The summed E-state index contributed by atoms with van der Waals surface area (Å²) in [5, 5.41) is 38.8. The Balaban J connectivity index is 0.000000198. The van der Waals surface area contributed by atoms with Crippen LogP contribution in [0.5, 0.6) is 11.5 Å². The number of hydrogen-bond acceptors (Lipinski definition) is 13. The Morgan fingerprint density at radius 2 is 1.58 bits per heavy atom. The number of primary amides is 1. The molecule has 7 heterocycles. The molecule has 0 bridgehead atoms. The number of likely N-dealkylation sites (tertiary alicyclic amines) is 2. The van der Waals surface area contributed by atoms with E-state index in [4.69, 9.17) is 20.2 Å². The number of carbonyl (C=O) groups is 3. The number of aromatic hydroxyl groups is 2. The van der Waals surface area contributed by atoms with Crippen LogP contribution >= 0.6 is 0 Å². The van der Waals surface area contributed by atoms with Gasteiger partial charge in [0.15, 0.2) is 17.5 Å². The van der Waals surface area contributed by atoms with Gasteiger partial charge < -0.3 is 44.9 Å². The fourth-order valence-corrected chi connectivity index (χ4v) is 11.5. The Labute approximate surface area is 445 Å². The van der Waals surface area contributed by atoms with Crippen molar-refractivity contribution in [3.63, 3.8) is 0 Å². The number of halogens is 1. The number of aromatic nitrogens is 5. The lowest BCUT2D eigenvalue weighted by atomic mass is 9.85. The number of H-pyrrole nitrogens is 1. The molecule has 3 aromatic heterocycles. The molecule has 4 aliphatic heterocycles. The number of rotatable bonds is 9. The van der Waals surface area contributed by atoms with E-state index in [-0.39, 0.29) is 46.8 Å². The van der Waals surface area contributed by atoms with E-state index in [9.17, 15) is 43.7 Å². The van der Waals surface area contributed by atoms with Gasteiger partial charge in [-0.25, -0.2) is 33.4 Å². The highest BCUT2D eigenvalue weighted by Gasteiger charge is 2.37. The van der Waals surface area contributed by atoms with Crippen LogP contribution in [0.25, 0.3) is 39.4 Å². The number of aryl methyl sites for hydroxylation is 2. The first kappa shape index (κ1) is 54.4. The predicted octanol–water partition coefficient (Wildman–Crippen LogP) is 7.61. The number of nitrogens with two attached hydrogens (primary N) is 1. The highest BCUT2D eigenvalue weighted by molar-refractivity contribution is 5.92. The molecule has 408 valence electrons. The molecule has 6 aromatic rings. The molecule has 0 spiro atoms. The number of pyridine rings is 2. The number of cyclic esters (lactones) is 1. The van der Waals surface area contributed by atoms with Crippen molar-refractivity contribution >= 4 is 28.9 Å². The van der Waals surface area contributed by atoms with Crippen molar-refractivity contribution in [3.05, 3.63) is 120 Å². The molecule has 2 saturated heterocycles. The van der Waals surface area contributed by atoms with Gasteiger partial charge in [0.25, 0.3) is 11.5 Å². The molecule has 19 heteroatoms. The first-order valence-electron chi connectivity index (χ1n) is 26.9. The maximum atomic E-state index is 14.5. The standard InChI is InChI=1S/C34H46N6O6.C22H17FN2O4.C2H6/c1-21(2)26-18-27(29(42)19-28(26)41)30-36-37-32(44)40(30)25-7-5-22(6-8-25)17-23-9-13-38(14-10-23)20-24-11-15-39(16-12-24)33(45)46-34(3,4)31(35)43;1-9-10-3-2-4-11-13-7-25-17(19(13)24-16(18(10)11)6-15(9)23)5-12-14(21(25)27)8-29-22(28)20(12)26;1-2/h5-8,18-19,21,23-24,41-42H,9-17,20H2,1-4H3,(H2,35,43)(H,37,44);5-6,20,26H,2-4,7-8H2,1H3;1-2H3. The van der Waals surface area contributed by atoms with Crippen molar-refractivity contribution in [1.82, 2.24) is 34.1 Å². The molecule has 77 heavy (non-hydrogen) atoms. The van der Waals surface area contributed by atoms with Crippen LogP contribution < -0.4 is 17.0 Å². The number of nitrogens with one attached hydrogen (secondary N) is 1. The van der Waals surface area contributed by atoms with E-state index >= 15 is 0 Å². The summed E-state index contributed by atoms with van der Waals surface area (Å²) < 4.78 is 27.8. The molecular weight excluding hydrogens is 988 g/mol. The number of carbonyl (C=O) groups excluding carboxylic acids is 3. The summed E-state index contributed by atoms with van der Waals surface area (Å²) in [7, 11) is 0. The topological polar surface area (TPSA) is 248 Å². The highest BCUT2D eigenvalue weighted by Crippen LogP contribution is 2.43. The van der Waals surface area contributed by atoms with Crippen molar-refractivity contribution in [1.29, 1.82) is 0 Å². The molecule has 2 amide bonds. The predicted molar refractivity (Wildman–Crippen MR) is 287 cm³/mol. The third-order valence-electron chi connectivity index (χ3n) is 16.0. The Hall–Kier alpha value is -7.38. The molecule has 18 nitrogen and oxygen atoms in total. The smallest absolute Gasteiger partial charge is 0.410 e. The number of aliphatic hydroxyl groups excluding tert-OH is 1. The second kappa shape index (κ2) is 21.9. The van der Waals surface area contributed by atoms with Gasteiger partial charge >= 0.3 is 17.8 Å². The third-order valence-corrected chi connectivity index (χ3v) is 16.0. The van der Waals surface area contributed by atoms with Crippen molar-refractivity contribution in [3.8, 4) is 40.0 Å². The maximum Gasteiger partial charge on any atom is 0.410 e. The largest absolute Gasteiger partial charge is 0.508 e. The number of phenolic OH excluding ortho intramolecular Hbond substituents is 2. The second-order valence-corrected chi connectivity index (χ2v) is 21.6. The van der Waals surface area contributed by atoms with Crippen LogP contribution in [0.4, 0.5) is 9.18 Å². The average Bonchev–Trinajstić information content (AvgIpc) is 3.99. The SMILES string of the molecule is CC.CC(C)c1cc(-c2n[nH]c(=O)n2-c2ccc(CC3CCN(CC4CCN(C(=O)OC(C)(C)C(N)=O)CC4)CC3)cc2)c(O)cc1O.Cc1c(F)cc2nc3c(c4c2c1CCC4)Cn1c-3cc2c(c1=O)COC(=O)C2O. The zero-order valence-electron chi connectivity index (χ0n) is 44.9. The van der Waals surface area contributed by atoms with Crippen molar-refractivity contribution in [2.75, 3.05) is 32.7 Å². The number of fused-ring (bicyclic) bond motifs is 5. The second-order valence-electron chi connectivity index (χ2n) is 21.6. The molecule has 3 aromatic carbocycles. The van der Waals surface area contributed by atoms with Gasteiger partial charge in [-0.3, -0.25) is 9.59 Å². The van der Waals surface area contributed by atoms with Gasteiger partial charge in [-0.15, -0.1) is 0 Å². The Morgan fingerprint density at radius 1 is 0.909 bits per heavy atom. The molecule has 0 radical (unpaired) electrons. The van der Waals surface area contributed by atoms with Crippen LogP contribution in [0.15, 0.2) is 58.1 Å². The van der Waals surface area contributed by atoms with E-state index in [1.807, 2.05) is 52.0 Å². The Bertz CT molecular complexity index is 3380. The number of benzene rings is 3. The number of ether oxygens (including phenoxy) is 2. The molecule has 0 saturated carbocycles. The van der Waals surface area contributed by atoms with E-state index in [0.29, 0.717) is 76.3 Å². The lowest BCUT2D eigenvalue weighted by molar-refractivity contribution is -0.157. The monoisotopic (exact) mass is 1060 g/mol. The van der Waals surface area contributed by atoms with Gasteiger partial charge in [0, 0.05) is 48.3 Å². The van der Waals surface area contributed by atoms with Gasteiger partial charge in [-0.2, -0.15) is 5.10 Å². The van der Waals surface area contributed by atoms with Crippen LogP contribution in [0, 0.1) is 24.6 Å². The van der Waals surface area contributed by atoms with Gasteiger partial charge in [0.05, 0.1) is 40.3 Å². The zero-order chi connectivity index (χ0) is 55.2. The number of aliphatic hydroxyl groups is 1. The molecule has 6 N–H and O–H groups in total. The number of esters is 1. The molecule has 1 unspecified atom stereocenters. The highest BCUT2D eigenvalue weighted by atomic mass is 19.1. The summed E-state index contributed by atoms with van der Waals surface area (Å²) in [6.45, 7) is 17.3. The quantitative estimate of drug-likeness (QED) is 0.0875. The van der Waals surface area contributed by atoms with Crippen molar-refractivity contribution < 1.29 is 43.6 Å². The minimum atomic E-state index is -1.48. The van der Waals surface area contributed by atoms with Crippen LogP contribution in [0.3, 0.4) is 0 Å². The van der Waals surface area contributed by atoms with E-state index < -0.39 is 35.4 Å². The summed E-state index contributed by atoms with van der Waals surface area (Å²) in [5.41, 5.74) is 12.3. The first-order chi connectivity index (χ1) is 36.8. The molecule has 1 aliphatic carbocycles. The number of phenols is 2. The van der Waals surface area contributed by atoms with Crippen molar-refractivity contribution in [2.24, 2.45) is 17.6 Å². The minimum Gasteiger partial charge on any atom is -0.508 e. The van der Waals surface area contributed by atoms with Crippen LogP contribution in [0.1, 0.15) is 130 Å². The summed E-state index contributed by atoms with van der Waals surface area (Å²) in [5.74, 6) is -0.449. The lowest BCUT2D eigenvalue weighted by Crippen LogP contribution is -2.48. The molecule has 1 atom stereocenters. The number of aromatic amines is 1. The van der Waals surface area contributed by atoms with E-state index in [0.717, 1.165) is 93.1 Å². The first-order valence-corrected chi connectivity index (χ1v) is 26.9. The van der Waals surface area contributed by atoms with Crippen LogP contribution in [0.2, 0.25) is 0 Å². The minimum absolute atomic E-state index is 0.00358. The molecule has 11 rings (SSSR count). The fraction of sp³-hybridized carbons (Fsp3) is 0.466. The van der Waals surface area contributed by atoms with E-state index in [1.54, 1.807) is 28.5 Å². The maximum absolute atomic E-state index is 14.5. The normalized spacial score (nSPS) is 17.4. The lowest BCUT2D eigenvalue weighted by Gasteiger charge is -2.38. The van der Waals surface area contributed by atoms with Crippen molar-refractivity contribution in [2.45, 2.75) is 131 Å². The van der Waals surface area contributed by atoms with Gasteiger partial charge in [0.2, 0.25) is 0 Å². The zero-order valence-corrected chi connectivity index (χ0v) is 44.9. The van der Waals surface area contributed by atoms with Gasteiger partial charge in [-0.1, -0.05) is 39.8 Å². The number of piperidine rings is 2. The fourth-order valence-electron chi connectivity index (χ4n) is 11.5. The Morgan fingerprint density at radius 3 is 2.26 bits per heavy atom. The van der Waals surface area contributed by atoms with Gasteiger partial charge in [-0.05, 0) is 155 Å². The molecule has 5 aliphatic rings. The number of amides is 2. The summed E-state index contributed by atoms with van der Waals surface area (Å²) in [6.07, 6.45) is 5.63. The molecule has 2 fully saturated rings. The number of hydrogen-bond donors (Lipinski definition) is 5. The number of nitrogens with zero attached hydrogens (tertiary/aromatic N) is 6. The molecular formula is C58H69FN8O10. The summed E-state index contributed by atoms with van der Waals surface area (Å²) in [4.78, 5) is 70.5. The Kier molecular flexibility index (Phi) is 15.5. The third kappa shape index (κ3) is 10.6. The summed E-state index contributed by atoms with van der Waals surface area (Å²) in [6, 6.07) is 14.0. The van der Waals surface area contributed by atoms with E-state index in [1.165, 1.54) is 36.1 Å². The van der Waals surface area contributed by atoms with Crippen LogP contribution in [-0.4, -0.2) is 106 Å².